The number of benzene rings is 2. The highest BCUT2D eigenvalue weighted by molar-refractivity contribution is 6.32. The summed E-state index contributed by atoms with van der Waals surface area (Å²) in [6, 6.07) is 12.5. The number of amides is 3. The molecule has 1 aliphatic heterocycles. The number of imide groups is 1. The normalized spacial score (nSPS) is 18.5. The van der Waals surface area contributed by atoms with Gasteiger partial charge in [0, 0.05) is 16.5 Å². The van der Waals surface area contributed by atoms with E-state index in [1.807, 2.05) is 6.07 Å². The molecule has 2 aromatic carbocycles. The third-order valence-electron chi connectivity index (χ3n) is 5.28. The standard InChI is InChI=1S/C22H16ClN3O4/c1-12-6-18-16(9-17(12)23)14(8-19(27)30-18)11-26-20(28)22(2,25-21(26)29)15-5-3-4-13(7-15)10-24/h3-9H,11H2,1-2H3,(H,25,29). The summed E-state index contributed by atoms with van der Waals surface area (Å²) < 4.78 is 5.24. The van der Waals surface area contributed by atoms with Gasteiger partial charge in [0.05, 0.1) is 18.2 Å². The average molecular weight is 422 g/mol. The lowest BCUT2D eigenvalue weighted by Crippen LogP contribution is -2.40. The maximum atomic E-state index is 13.2. The van der Waals surface area contributed by atoms with Gasteiger partial charge in [0.25, 0.3) is 5.91 Å². The molecular formula is C22H16ClN3O4. The van der Waals surface area contributed by atoms with Crippen molar-refractivity contribution in [3.63, 3.8) is 0 Å². The van der Waals surface area contributed by atoms with Crippen LogP contribution in [0, 0.1) is 18.3 Å². The van der Waals surface area contributed by atoms with E-state index in [9.17, 15) is 14.4 Å². The first-order valence-corrected chi connectivity index (χ1v) is 9.48. The highest BCUT2D eigenvalue weighted by Gasteiger charge is 2.49. The van der Waals surface area contributed by atoms with Crippen molar-refractivity contribution in [3.8, 4) is 6.07 Å². The number of nitrogens with zero attached hydrogens (tertiary/aromatic N) is 2. The van der Waals surface area contributed by atoms with Gasteiger partial charge in [-0.1, -0.05) is 23.7 Å². The monoisotopic (exact) mass is 421 g/mol. The lowest BCUT2D eigenvalue weighted by Gasteiger charge is -2.22. The zero-order valence-corrected chi connectivity index (χ0v) is 16.9. The molecule has 0 saturated carbocycles. The predicted octanol–water partition coefficient (Wildman–Crippen LogP) is 3.59. The van der Waals surface area contributed by atoms with Crippen molar-refractivity contribution in [1.29, 1.82) is 5.26 Å². The molecule has 30 heavy (non-hydrogen) atoms. The Bertz CT molecular complexity index is 1320. The van der Waals surface area contributed by atoms with Gasteiger partial charge in [-0.15, -0.1) is 0 Å². The fourth-order valence-electron chi connectivity index (χ4n) is 3.59. The largest absolute Gasteiger partial charge is 0.423 e. The molecule has 1 N–H and O–H groups in total. The second kappa shape index (κ2) is 7.01. The third kappa shape index (κ3) is 3.11. The smallest absolute Gasteiger partial charge is 0.336 e. The van der Waals surface area contributed by atoms with E-state index in [4.69, 9.17) is 21.3 Å². The summed E-state index contributed by atoms with van der Waals surface area (Å²) in [4.78, 5) is 39.0. The van der Waals surface area contributed by atoms with Gasteiger partial charge in [0.2, 0.25) is 0 Å². The summed E-state index contributed by atoms with van der Waals surface area (Å²) in [6.45, 7) is 3.24. The highest BCUT2D eigenvalue weighted by Crippen LogP contribution is 2.32. The van der Waals surface area contributed by atoms with E-state index >= 15 is 0 Å². The van der Waals surface area contributed by atoms with Crippen molar-refractivity contribution in [1.82, 2.24) is 10.2 Å². The van der Waals surface area contributed by atoms with Gasteiger partial charge in [-0.2, -0.15) is 5.26 Å². The van der Waals surface area contributed by atoms with Gasteiger partial charge in [0.1, 0.15) is 11.1 Å². The minimum absolute atomic E-state index is 0.125. The van der Waals surface area contributed by atoms with E-state index in [1.54, 1.807) is 50.2 Å². The number of nitrogens with one attached hydrogen (secondary N) is 1. The molecule has 1 saturated heterocycles. The number of urea groups is 1. The Morgan fingerprint density at radius 2 is 1.97 bits per heavy atom. The minimum atomic E-state index is -1.33. The van der Waals surface area contributed by atoms with Crippen molar-refractivity contribution in [3.05, 3.63) is 80.2 Å². The maximum absolute atomic E-state index is 13.2. The van der Waals surface area contributed by atoms with E-state index in [1.165, 1.54) is 6.07 Å². The number of hydrogen-bond donors (Lipinski definition) is 1. The quantitative estimate of drug-likeness (QED) is 0.514. The number of aryl methyl sites for hydroxylation is 1. The molecule has 1 atom stereocenters. The van der Waals surface area contributed by atoms with Crippen molar-refractivity contribution < 1.29 is 14.0 Å². The number of nitriles is 1. The fraction of sp³-hybridized carbons (Fsp3) is 0.182. The molecule has 0 bridgehead atoms. The van der Waals surface area contributed by atoms with E-state index < -0.39 is 23.1 Å². The molecule has 3 amide bonds. The van der Waals surface area contributed by atoms with Gasteiger partial charge in [-0.25, -0.2) is 9.59 Å². The van der Waals surface area contributed by atoms with Crippen LogP contribution in [0.5, 0.6) is 0 Å². The van der Waals surface area contributed by atoms with Crippen molar-refractivity contribution in [2.24, 2.45) is 0 Å². The summed E-state index contributed by atoms with van der Waals surface area (Å²) in [5.41, 5.74) is 0.482. The molecule has 1 unspecified atom stereocenters. The molecule has 150 valence electrons. The van der Waals surface area contributed by atoms with Gasteiger partial charge in [-0.05, 0) is 54.8 Å². The Morgan fingerprint density at radius 3 is 2.70 bits per heavy atom. The zero-order valence-electron chi connectivity index (χ0n) is 16.2. The van der Waals surface area contributed by atoms with Crippen LogP contribution in [-0.2, 0) is 16.9 Å². The summed E-state index contributed by atoms with van der Waals surface area (Å²) in [5.74, 6) is -0.484. The molecule has 1 aromatic heterocycles. The number of fused-ring (bicyclic) bond motifs is 1. The van der Waals surface area contributed by atoms with Crippen LogP contribution in [0.25, 0.3) is 11.0 Å². The second-order valence-electron chi connectivity index (χ2n) is 7.33. The summed E-state index contributed by atoms with van der Waals surface area (Å²) in [6.07, 6.45) is 0. The summed E-state index contributed by atoms with van der Waals surface area (Å²) in [5, 5.41) is 12.9. The van der Waals surface area contributed by atoms with Crippen molar-refractivity contribution in [2.45, 2.75) is 25.9 Å². The highest BCUT2D eigenvalue weighted by atomic mass is 35.5. The lowest BCUT2D eigenvalue weighted by atomic mass is 9.91. The van der Waals surface area contributed by atoms with Gasteiger partial charge >= 0.3 is 11.7 Å². The number of hydrogen-bond acceptors (Lipinski definition) is 5. The van der Waals surface area contributed by atoms with Gasteiger partial charge < -0.3 is 9.73 Å². The first-order chi connectivity index (χ1) is 14.2. The van der Waals surface area contributed by atoms with Crippen molar-refractivity contribution >= 4 is 34.5 Å². The van der Waals surface area contributed by atoms with Crippen LogP contribution in [0.3, 0.4) is 0 Å². The van der Waals surface area contributed by atoms with Crippen molar-refractivity contribution in [2.75, 3.05) is 0 Å². The van der Waals surface area contributed by atoms with E-state index in [0.29, 0.717) is 32.7 Å². The molecular weight excluding hydrogens is 406 g/mol. The Balaban J connectivity index is 1.75. The Hall–Kier alpha value is -3.63. The van der Waals surface area contributed by atoms with E-state index in [2.05, 4.69) is 5.32 Å². The molecule has 4 rings (SSSR count). The Labute approximate surface area is 176 Å². The Morgan fingerprint density at radius 1 is 1.20 bits per heavy atom. The van der Waals surface area contributed by atoms with Crippen LogP contribution >= 0.6 is 11.6 Å². The zero-order chi connectivity index (χ0) is 21.6. The minimum Gasteiger partial charge on any atom is -0.423 e. The second-order valence-corrected chi connectivity index (χ2v) is 7.73. The summed E-state index contributed by atoms with van der Waals surface area (Å²) >= 11 is 6.22. The molecule has 0 spiro atoms. The number of rotatable bonds is 3. The fourth-order valence-corrected chi connectivity index (χ4v) is 3.75. The SMILES string of the molecule is Cc1cc2oc(=O)cc(CN3C(=O)NC(C)(c4cccc(C#N)c4)C3=O)c2cc1Cl. The Kier molecular flexibility index (Phi) is 4.60. The van der Waals surface area contributed by atoms with E-state index in [0.717, 1.165) is 10.5 Å². The average Bonchev–Trinajstić information content (AvgIpc) is 2.93. The molecule has 0 radical (unpaired) electrons. The molecule has 0 aliphatic carbocycles. The summed E-state index contributed by atoms with van der Waals surface area (Å²) in [7, 11) is 0. The molecule has 1 fully saturated rings. The number of halogens is 1. The maximum Gasteiger partial charge on any atom is 0.336 e. The van der Waals surface area contributed by atoms with E-state index in [-0.39, 0.29) is 6.54 Å². The van der Waals surface area contributed by atoms with Crippen LogP contribution in [0.2, 0.25) is 5.02 Å². The van der Waals surface area contributed by atoms with Gasteiger partial charge in [0.15, 0.2) is 0 Å². The van der Waals surface area contributed by atoms with Crippen LogP contribution in [0.15, 0.2) is 51.7 Å². The number of carbonyl (C=O) groups is 2. The first-order valence-electron chi connectivity index (χ1n) is 9.10. The van der Waals surface area contributed by atoms with Crippen LogP contribution in [-0.4, -0.2) is 16.8 Å². The molecule has 1 aliphatic rings. The van der Waals surface area contributed by atoms with Crippen LogP contribution in [0.4, 0.5) is 4.79 Å². The topological polar surface area (TPSA) is 103 Å². The molecule has 7 nitrogen and oxygen atoms in total. The predicted molar refractivity (Wildman–Crippen MR) is 110 cm³/mol. The van der Waals surface area contributed by atoms with Crippen LogP contribution in [0.1, 0.15) is 29.2 Å². The molecule has 2 heterocycles. The van der Waals surface area contributed by atoms with Gasteiger partial charge in [-0.3, -0.25) is 9.69 Å². The number of carbonyl (C=O) groups excluding carboxylic acids is 2. The first kappa shape index (κ1) is 19.7. The lowest BCUT2D eigenvalue weighted by molar-refractivity contribution is -0.131. The molecule has 3 aromatic rings. The third-order valence-corrected chi connectivity index (χ3v) is 5.69. The van der Waals surface area contributed by atoms with Crippen LogP contribution < -0.4 is 10.9 Å². The molecule has 8 heteroatoms.